The van der Waals surface area contributed by atoms with Crippen molar-refractivity contribution in [2.24, 2.45) is 0 Å². The molecule has 1 aromatic carbocycles. The number of fused-ring (bicyclic) bond motifs is 1. The third-order valence-corrected chi connectivity index (χ3v) is 4.40. The van der Waals surface area contributed by atoms with Crippen molar-refractivity contribution >= 4 is 22.6 Å². The van der Waals surface area contributed by atoms with E-state index in [0.29, 0.717) is 22.6 Å². The maximum Gasteiger partial charge on any atom is 0.222 e. The van der Waals surface area contributed by atoms with Gasteiger partial charge in [0.2, 0.25) is 5.91 Å². The monoisotopic (exact) mass is 335 g/mol. The summed E-state index contributed by atoms with van der Waals surface area (Å²) in [4.78, 5) is 15.4. The summed E-state index contributed by atoms with van der Waals surface area (Å²) >= 11 is 0. The molecule has 1 aliphatic rings. The van der Waals surface area contributed by atoms with Crippen LogP contribution in [0.1, 0.15) is 25.3 Å². The molecule has 0 saturated heterocycles. The van der Waals surface area contributed by atoms with E-state index in [1.807, 2.05) is 0 Å². The Kier molecular flexibility index (Phi) is 3.29. The number of carbonyl (C=O) groups excluding carboxylic acids is 1. The van der Waals surface area contributed by atoms with E-state index in [-0.39, 0.29) is 5.91 Å². The van der Waals surface area contributed by atoms with Gasteiger partial charge in [0.1, 0.15) is 11.6 Å². The molecule has 1 aliphatic carbocycles. The van der Waals surface area contributed by atoms with Gasteiger partial charge in [-0.1, -0.05) is 0 Å². The standard InChI is InChI=1S/C18H14FN5O/c1-11(25)23-17-7-16-12(8-21-17)9-22-24(16)15-5-13(4-14(19)6-15)18(10-20)2-3-18/h4-9H,2-3H2,1H3,(H,21,23,25). The molecule has 1 saturated carbocycles. The summed E-state index contributed by atoms with van der Waals surface area (Å²) in [6.07, 6.45) is 4.70. The molecular formula is C18H14FN5O. The first-order valence-electron chi connectivity index (χ1n) is 7.85. The molecular weight excluding hydrogens is 321 g/mol. The lowest BCUT2D eigenvalue weighted by Gasteiger charge is -2.11. The van der Waals surface area contributed by atoms with E-state index < -0.39 is 11.2 Å². The van der Waals surface area contributed by atoms with E-state index in [1.54, 1.807) is 29.2 Å². The van der Waals surface area contributed by atoms with Crippen LogP contribution in [0.4, 0.5) is 10.2 Å². The number of rotatable bonds is 3. The minimum atomic E-state index is -0.581. The van der Waals surface area contributed by atoms with Crippen LogP contribution in [0, 0.1) is 17.1 Å². The molecule has 4 rings (SSSR count). The zero-order chi connectivity index (χ0) is 17.6. The van der Waals surface area contributed by atoms with E-state index in [4.69, 9.17) is 0 Å². The van der Waals surface area contributed by atoms with Crippen LogP contribution in [0.5, 0.6) is 0 Å². The first-order chi connectivity index (χ1) is 12.0. The third-order valence-electron chi connectivity index (χ3n) is 4.40. The molecule has 0 bridgehead atoms. The molecule has 0 radical (unpaired) electrons. The zero-order valence-electron chi connectivity index (χ0n) is 13.5. The Bertz CT molecular complexity index is 1050. The van der Waals surface area contributed by atoms with E-state index in [0.717, 1.165) is 18.2 Å². The average molecular weight is 335 g/mol. The maximum absolute atomic E-state index is 14.1. The predicted octanol–water partition coefficient (Wildman–Crippen LogP) is 3.07. The van der Waals surface area contributed by atoms with Gasteiger partial charge in [-0.15, -0.1) is 0 Å². The first-order valence-corrected chi connectivity index (χ1v) is 7.85. The molecule has 7 heteroatoms. The molecule has 2 aromatic heterocycles. The average Bonchev–Trinajstić information content (AvgIpc) is 3.27. The summed E-state index contributed by atoms with van der Waals surface area (Å²) < 4.78 is 15.7. The highest BCUT2D eigenvalue weighted by Crippen LogP contribution is 2.48. The molecule has 2 heterocycles. The summed E-state index contributed by atoms with van der Waals surface area (Å²) in [5.74, 6) is -0.237. The molecule has 0 aliphatic heterocycles. The molecule has 1 fully saturated rings. The second-order valence-electron chi connectivity index (χ2n) is 6.26. The molecule has 1 amide bonds. The highest BCUT2D eigenvalue weighted by Gasteiger charge is 2.45. The second-order valence-corrected chi connectivity index (χ2v) is 6.26. The predicted molar refractivity (Wildman–Crippen MR) is 89.7 cm³/mol. The summed E-state index contributed by atoms with van der Waals surface area (Å²) in [5, 5.41) is 17.1. The fourth-order valence-electron chi connectivity index (χ4n) is 2.94. The van der Waals surface area contributed by atoms with Crippen molar-refractivity contribution in [1.82, 2.24) is 14.8 Å². The molecule has 1 N–H and O–H groups in total. The van der Waals surface area contributed by atoms with Gasteiger partial charge < -0.3 is 5.32 Å². The zero-order valence-corrected chi connectivity index (χ0v) is 13.5. The molecule has 25 heavy (non-hydrogen) atoms. The minimum absolute atomic E-state index is 0.226. The van der Waals surface area contributed by atoms with Crippen LogP contribution in [0.2, 0.25) is 0 Å². The number of hydrogen-bond acceptors (Lipinski definition) is 4. The van der Waals surface area contributed by atoms with Crippen LogP contribution >= 0.6 is 0 Å². The molecule has 124 valence electrons. The van der Waals surface area contributed by atoms with E-state index >= 15 is 0 Å². The quantitative estimate of drug-likeness (QED) is 0.797. The fourth-order valence-corrected chi connectivity index (χ4v) is 2.94. The number of pyridine rings is 1. The molecule has 3 aromatic rings. The number of carbonyl (C=O) groups is 1. The molecule has 6 nitrogen and oxygen atoms in total. The van der Waals surface area contributed by atoms with Crippen LogP contribution in [0.15, 0.2) is 36.7 Å². The number of nitriles is 1. The van der Waals surface area contributed by atoms with Gasteiger partial charge in [-0.25, -0.2) is 14.1 Å². The van der Waals surface area contributed by atoms with Crippen molar-refractivity contribution in [3.05, 3.63) is 48.0 Å². The van der Waals surface area contributed by atoms with Gasteiger partial charge >= 0.3 is 0 Å². The number of nitrogens with zero attached hydrogens (tertiary/aromatic N) is 4. The number of anilines is 1. The summed E-state index contributed by atoms with van der Waals surface area (Å²) in [5.41, 5.74) is 1.32. The van der Waals surface area contributed by atoms with Crippen LogP contribution in [-0.2, 0) is 10.2 Å². The van der Waals surface area contributed by atoms with Gasteiger partial charge in [0, 0.05) is 24.6 Å². The Morgan fingerprint density at radius 3 is 2.80 bits per heavy atom. The third kappa shape index (κ3) is 2.62. The largest absolute Gasteiger partial charge is 0.311 e. The van der Waals surface area contributed by atoms with Crippen molar-refractivity contribution in [3.63, 3.8) is 0 Å². The van der Waals surface area contributed by atoms with Gasteiger partial charge in [0.15, 0.2) is 0 Å². The maximum atomic E-state index is 14.1. The van der Waals surface area contributed by atoms with Crippen LogP contribution < -0.4 is 5.32 Å². The lowest BCUT2D eigenvalue weighted by Crippen LogP contribution is -2.08. The van der Waals surface area contributed by atoms with Crippen LogP contribution in [-0.4, -0.2) is 20.7 Å². The first kappa shape index (κ1) is 15.3. The van der Waals surface area contributed by atoms with E-state index in [2.05, 4.69) is 21.5 Å². The number of hydrogen-bond donors (Lipinski definition) is 1. The van der Waals surface area contributed by atoms with Gasteiger partial charge in [-0.05, 0) is 36.6 Å². The Balaban J connectivity index is 1.84. The van der Waals surface area contributed by atoms with Gasteiger partial charge in [-0.2, -0.15) is 10.4 Å². The molecule has 0 unspecified atom stereocenters. The smallest absolute Gasteiger partial charge is 0.222 e. The Morgan fingerprint density at radius 2 is 2.12 bits per heavy atom. The van der Waals surface area contributed by atoms with Crippen molar-refractivity contribution in [2.75, 3.05) is 5.32 Å². The van der Waals surface area contributed by atoms with Crippen molar-refractivity contribution in [1.29, 1.82) is 5.26 Å². The van der Waals surface area contributed by atoms with E-state index in [1.165, 1.54) is 19.1 Å². The number of amides is 1. The highest BCUT2D eigenvalue weighted by molar-refractivity contribution is 5.90. The molecule has 0 atom stereocenters. The van der Waals surface area contributed by atoms with Gasteiger partial charge in [-0.3, -0.25) is 4.79 Å². The van der Waals surface area contributed by atoms with Crippen molar-refractivity contribution < 1.29 is 9.18 Å². The Morgan fingerprint density at radius 1 is 1.32 bits per heavy atom. The van der Waals surface area contributed by atoms with E-state index in [9.17, 15) is 14.4 Å². The Hall–Kier alpha value is -3.27. The van der Waals surface area contributed by atoms with Crippen LogP contribution in [0.25, 0.3) is 16.6 Å². The van der Waals surface area contributed by atoms with Crippen molar-refractivity contribution in [3.8, 4) is 11.8 Å². The SMILES string of the molecule is CC(=O)Nc1cc2c(cn1)cnn2-c1cc(F)cc(C2(C#N)CC2)c1. The highest BCUT2D eigenvalue weighted by atomic mass is 19.1. The number of aromatic nitrogens is 3. The van der Waals surface area contributed by atoms with Crippen LogP contribution in [0.3, 0.4) is 0 Å². The Labute approximate surface area is 142 Å². The van der Waals surface area contributed by atoms with Crippen molar-refractivity contribution in [2.45, 2.75) is 25.2 Å². The fraction of sp³-hybridized carbons (Fsp3) is 0.222. The summed E-state index contributed by atoms with van der Waals surface area (Å²) in [6, 6.07) is 8.55. The van der Waals surface area contributed by atoms with Gasteiger partial charge in [0.25, 0.3) is 0 Å². The number of benzene rings is 1. The minimum Gasteiger partial charge on any atom is -0.311 e. The van der Waals surface area contributed by atoms with Gasteiger partial charge in [0.05, 0.1) is 28.9 Å². The summed E-state index contributed by atoms with van der Waals surface area (Å²) in [7, 11) is 0. The topological polar surface area (TPSA) is 83.6 Å². The number of halogens is 1. The normalized spacial score (nSPS) is 14.9. The number of nitrogens with one attached hydrogen (secondary N) is 1. The second kappa shape index (κ2) is 5.38. The lowest BCUT2D eigenvalue weighted by atomic mass is 9.97. The lowest BCUT2D eigenvalue weighted by molar-refractivity contribution is -0.114. The molecule has 0 spiro atoms. The summed E-state index contributed by atoms with van der Waals surface area (Å²) in [6.45, 7) is 1.40.